The zero-order valence-corrected chi connectivity index (χ0v) is 23.4. The number of hydrogen-bond donors (Lipinski definition) is 4. The molecule has 0 saturated carbocycles. The lowest BCUT2D eigenvalue weighted by atomic mass is 10.1. The van der Waals surface area contributed by atoms with Crippen LogP contribution in [0.3, 0.4) is 0 Å². The third-order valence-electron chi connectivity index (χ3n) is 7.15. The Kier molecular flexibility index (Phi) is 8.80. The SMILES string of the molecule is CCc1cc([C@H]2O[C@@H](n3cnc4c(N(CO)CC(C)C)nc(N(CO)CCc5ccccc5)nc43)[C@H](O)[C@@H]2O)on1. The third kappa shape index (κ3) is 5.90. The Hall–Kier alpha value is -3.62. The van der Waals surface area contributed by atoms with E-state index in [2.05, 4.69) is 10.1 Å². The van der Waals surface area contributed by atoms with E-state index < -0.39 is 24.5 Å². The van der Waals surface area contributed by atoms with Crippen LogP contribution in [0.15, 0.2) is 47.2 Å². The van der Waals surface area contributed by atoms with Gasteiger partial charge < -0.3 is 39.5 Å². The Morgan fingerprint density at radius 3 is 2.44 bits per heavy atom. The average Bonchev–Trinajstić information content (AvgIpc) is 3.70. The van der Waals surface area contributed by atoms with Crippen molar-refractivity contribution in [2.75, 3.05) is 36.4 Å². The minimum absolute atomic E-state index is 0.204. The Bertz CT molecular complexity index is 1430. The second-order valence-corrected chi connectivity index (χ2v) is 10.6. The molecule has 0 bridgehead atoms. The van der Waals surface area contributed by atoms with Crippen molar-refractivity contribution < 1.29 is 29.7 Å². The summed E-state index contributed by atoms with van der Waals surface area (Å²) >= 11 is 0. The molecule has 13 heteroatoms. The Morgan fingerprint density at radius 1 is 1.02 bits per heavy atom. The predicted molar refractivity (Wildman–Crippen MR) is 150 cm³/mol. The zero-order valence-electron chi connectivity index (χ0n) is 23.4. The molecule has 0 spiro atoms. The van der Waals surface area contributed by atoms with Crippen LogP contribution in [0.2, 0.25) is 0 Å². The lowest BCUT2D eigenvalue weighted by Crippen LogP contribution is -2.33. The van der Waals surface area contributed by atoms with Gasteiger partial charge in [-0.1, -0.05) is 56.3 Å². The second kappa shape index (κ2) is 12.5. The van der Waals surface area contributed by atoms with Crippen molar-refractivity contribution in [1.29, 1.82) is 0 Å². The van der Waals surface area contributed by atoms with Gasteiger partial charge in [-0.3, -0.25) is 4.57 Å². The number of nitrogens with zero attached hydrogens (tertiary/aromatic N) is 7. The van der Waals surface area contributed by atoms with Crippen LogP contribution in [0.5, 0.6) is 0 Å². The van der Waals surface area contributed by atoms with Gasteiger partial charge in [0.05, 0.1) is 12.0 Å². The third-order valence-corrected chi connectivity index (χ3v) is 7.15. The van der Waals surface area contributed by atoms with Gasteiger partial charge in [-0.05, 0) is 24.3 Å². The molecule has 0 amide bonds. The van der Waals surface area contributed by atoms with E-state index in [0.29, 0.717) is 54.4 Å². The van der Waals surface area contributed by atoms with E-state index in [9.17, 15) is 20.4 Å². The molecule has 3 aromatic heterocycles. The largest absolute Gasteiger partial charge is 0.387 e. The van der Waals surface area contributed by atoms with Crippen molar-refractivity contribution in [3.05, 3.63) is 59.7 Å². The summed E-state index contributed by atoms with van der Waals surface area (Å²) in [6.07, 6.45) is -1.86. The predicted octanol–water partition coefficient (Wildman–Crippen LogP) is 1.78. The molecule has 41 heavy (non-hydrogen) atoms. The van der Waals surface area contributed by atoms with E-state index in [-0.39, 0.29) is 25.3 Å². The summed E-state index contributed by atoms with van der Waals surface area (Å²) in [5.74, 6) is 1.12. The number of hydrogen-bond acceptors (Lipinski definition) is 12. The van der Waals surface area contributed by atoms with Crippen LogP contribution in [0, 0.1) is 5.92 Å². The van der Waals surface area contributed by atoms with Crippen LogP contribution < -0.4 is 9.80 Å². The first kappa shape index (κ1) is 28.9. The highest BCUT2D eigenvalue weighted by Crippen LogP contribution is 2.40. The first-order valence-electron chi connectivity index (χ1n) is 13.8. The maximum atomic E-state index is 11.0. The molecule has 4 heterocycles. The van der Waals surface area contributed by atoms with Crippen LogP contribution >= 0.6 is 0 Å². The van der Waals surface area contributed by atoms with Gasteiger partial charge in [0, 0.05) is 19.2 Å². The molecule has 5 rings (SSSR count). The number of aliphatic hydroxyl groups excluding tert-OH is 4. The first-order chi connectivity index (χ1) is 19.8. The van der Waals surface area contributed by atoms with Crippen LogP contribution in [0.1, 0.15) is 50.1 Å². The normalized spacial score (nSPS) is 20.8. The van der Waals surface area contributed by atoms with Gasteiger partial charge in [0.2, 0.25) is 5.95 Å². The highest BCUT2D eigenvalue weighted by Gasteiger charge is 2.47. The molecule has 0 unspecified atom stereocenters. The summed E-state index contributed by atoms with van der Waals surface area (Å²) in [6, 6.07) is 11.6. The number of ether oxygens (including phenoxy) is 1. The topological polar surface area (TPSA) is 166 Å². The highest BCUT2D eigenvalue weighted by molar-refractivity contribution is 5.85. The molecular formula is C28H37N7O6. The monoisotopic (exact) mass is 567 g/mol. The first-order valence-corrected chi connectivity index (χ1v) is 13.8. The number of anilines is 2. The van der Waals surface area contributed by atoms with Crippen LogP contribution in [-0.4, -0.2) is 83.9 Å². The van der Waals surface area contributed by atoms with Crippen LogP contribution in [-0.2, 0) is 17.6 Å². The molecule has 220 valence electrons. The van der Waals surface area contributed by atoms with Crippen LogP contribution in [0.4, 0.5) is 11.8 Å². The molecule has 13 nitrogen and oxygen atoms in total. The van der Waals surface area contributed by atoms with E-state index in [1.165, 1.54) is 10.9 Å². The molecule has 1 saturated heterocycles. The number of benzene rings is 1. The maximum absolute atomic E-state index is 11.0. The molecule has 4 aromatic rings. The van der Waals surface area contributed by atoms with Gasteiger partial charge in [0.15, 0.2) is 29.0 Å². The smallest absolute Gasteiger partial charge is 0.231 e. The van der Waals surface area contributed by atoms with E-state index in [1.807, 2.05) is 51.1 Å². The van der Waals surface area contributed by atoms with Crippen molar-refractivity contribution in [2.24, 2.45) is 5.92 Å². The lowest BCUT2D eigenvalue weighted by molar-refractivity contribution is -0.0434. The maximum Gasteiger partial charge on any atom is 0.231 e. The van der Waals surface area contributed by atoms with Gasteiger partial charge in [0.25, 0.3) is 0 Å². The Morgan fingerprint density at radius 2 is 1.78 bits per heavy atom. The van der Waals surface area contributed by atoms with Crippen molar-refractivity contribution >= 4 is 22.9 Å². The van der Waals surface area contributed by atoms with Crippen molar-refractivity contribution in [3.63, 3.8) is 0 Å². The number of aromatic nitrogens is 5. The molecule has 0 aliphatic carbocycles. The number of rotatable bonds is 12. The highest BCUT2D eigenvalue weighted by atomic mass is 16.6. The standard InChI is InChI=1S/C28H37N7O6/c1-4-19-12-20(41-32-19)24-22(38)23(39)27(40-24)35-14-29-21-25(34(16-37)13-17(2)3)30-28(31-26(21)35)33(15-36)11-10-18-8-6-5-7-9-18/h5-9,12,14,17,22-24,27,36-39H,4,10-11,13,15-16H2,1-3H3/t22-,23+,24+,27+/m0/s1. The fourth-order valence-electron chi connectivity index (χ4n) is 4.99. The number of imidazole rings is 1. The molecule has 1 aliphatic heterocycles. The minimum atomic E-state index is -1.33. The second-order valence-electron chi connectivity index (χ2n) is 10.6. The van der Waals surface area contributed by atoms with Gasteiger partial charge in [0.1, 0.15) is 31.8 Å². The molecule has 4 atom stereocenters. The van der Waals surface area contributed by atoms with E-state index in [1.54, 1.807) is 15.9 Å². The Balaban J connectivity index is 1.54. The summed E-state index contributed by atoms with van der Waals surface area (Å²) < 4.78 is 13.0. The zero-order chi connectivity index (χ0) is 29.1. The summed E-state index contributed by atoms with van der Waals surface area (Å²) in [4.78, 5) is 17.3. The minimum Gasteiger partial charge on any atom is -0.387 e. The summed E-state index contributed by atoms with van der Waals surface area (Å²) in [5.41, 5.74) is 2.49. The number of fused-ring (bicyclic) bond motifs is 1. The van der Waals surface area contributed by atoms with Crippen molar-refractivity contribution in [2.45, 2.75) is 58.2 Å². The summed E-state index contributed by atoms with van der Waals surface area (Å²) in [7, 11) is 0. The van der Waals surface area contributed by atoms with Crippen molar-refractivity contribution in [1.82, 2.24) is 24.7 Å². The fourth-order valence-corrected chi connectivity index (χ4v) is 4.99. The quantitative estimate of drug-likeness (QED) is 0.184. The molecule has 1 aliphatic rings. The van der Waals surface area contributed by atoms with Crippen LogP contribution in [0.25, 0.3) is 11.2 Å². The summed E-state index contributed by atoms with van der Waals surface area (Å²) in [5, 5.41) is 46.4. The Labute approximate surface area is 237 Å². The van der Waals surface area contributed by atoms with E-state index >= 15 is 0 Å². The van der Waals surface area contributed by atoms with Gasteiger partial charge in [-0.25, -0.2) is 4.98 Å². The molecular weight excluding hydrogens is 530 g/mol. The number of aryl methyl sites for hydroxylation is 1. The van der Waals surface area contributed by atoms with Gasteiger partial charge >= 0.3 is 0 Å². The lowest BCUT2D eigenvalue weighted by Gasteiger charge is -2.26. The van der Waals surface area contributed by atoms with Gasteiger partial charge in [-0.15, -0.1) is 0 Å². The molecule has 0 radical (unpaired) electrons. The van der Waals surface area contributed by atoms with Gasteiger partial charge in [-0.2, -0.15) is 9.97 Å². The summed E-state index contributed by atoms with van der Waals surface area (Å²) in [6.45, 7) is 6.25. The molecule has 4 N–H and O–H groups in total. The van der Waals surface area contributed by atoms with Crippen molar-refractivity contribution in [3.8, 4) is 0 Å². The average molecular weight is 568 g/mol. The van der Waals surface area contributed by atoms with E-state index in [0.717, 1.165) is 5.56 Å². The van der Waals surface area contributed by atoms with E-state index in [4.69, 9.17) is 19.2 Å². The number of aliphatic hydroxyl groups is 4. The molecule has 1 fully saturated rings. The fraction of sp³-hybridized carbons (Fsp3) is 0.500. The molecule has 1 aromatic carbocycles.